The Balaban J connectivity index is 1.83. The van der Waals surface area contributed by atoms with E-state index in [0.29, 0.717) is 45.8 Å². The Bertz CT molecular complexity index is 436. The van der Waals surface area contributed by atoms with Crippen molar-refractivity contribution in [3.63, 3.8) is 0 Å². The highest BCUT2D eigenvalue weighted by Crippen LogP contribution is 2.17. The molecule has 0 bridgehead atoms. The second-order valence-corrected chi connectivity index (χ2v) is 5.72. The van der Waals surface area contributed by atoms with Gasteiger partial charge in [-0.1, -0.05) is 12.1 Å². The van der Waals surface area contributed by atoms with Crippen LogP contribution in [-0.2, 0) is 17.7 Å². The van der Waals surface area contributed by atoms with E-state index in [-0.39, 0.29) is 0 Å². The van der Waals surface area contributed by atoms with E-state index in [0.717, 1.165) is 17.7 Å². The van der Waals surface area contributed by atoms with Crippen molar-refractivity contribution in [2.24, 2.45) is 0 Å². The zero-order valence-corrected chi connectivity index (χ0v) is 13.3. The van der Waals surface area contributed by atoms with Gasteiger partial charge in [-0.3, -0.25) is 4.90 Å². The van der Waals surface area contributed by atoms with Crippen LogP contribution in [0.15, 0.2) is 10.8 Å². The fourth-order valence-corrected chi connectivity index (χ4v) is 2.80. The minimum atomic E-state index is -2.33. The second kappa shape index (κ2) is 8.55. The van der Waals surface area contributed by atoms with Crippen molar-refractivity contribution in [3.05, 3.63) is 17.5 Å². The maximum atomic E-state index is 13.3. The number of hydrogen-bond acceptors (Lipinski definition) is 5. The molecule has 7 heteroatoms. The number of rotatable bonds is 8. The van der Waals surface area contributed by atoms with Crippen molar-refractivity contribution in [3.8, 4) is 0 Å². The highest BCUT2D eigenvalue weighted by molar-refractivity contribution is 5.14. The van der Waals surface area contributed by atoms with Crippen molar-refractivity contribution in [2.75, 3.05) is 39.9 Å². The van der Waals surface area contributed by atoms with Crippen LogP contribution in [-0.4, -0.2) is 67.3 Å². The molecule has 2 heterocycles. The third-order valence-corrected chi connectivity index (χ3v) is 4.12. The summed E-state index contributed by atoms with van der Waals surface area (Å²) in [6.45, 7) is 5.56. The molecule has 0 amide bonds. The van der Waals surface area contributed by atoms with E-state index in [9.17, 15) is 8.78 Å². The monoisotopic (exact) mass is 317 g/mol. The molecule has 0 aliphatic carbocycles. The fourth-order valence-electron chi connectivity index (χ4n) is 2.80. The molecule has 1 fully saturated rings. The molecule has 1 saturated heterocycles. The van der Waals surface area contributed by atoms with Gasteiger partial charge < -0.3 is 14.2 Å². The van der Waals surface area contributed by atoms with Crippen molar-refractivity contribution in [1.82, 2.24) is 15.0 Å². The Morgan fingerprint density at radius 1 is 1.36 bits per heavy atom. The van der Waals surface area contributed by atoms with E-state index in [1.807, 2.05) is 23.8 Å². The van der Waals surface area contributed by atoms with Gasteiger partial charge in [0.15, 0.2) is 0 Å². The molecule has 1 atom stereocenters. The van der Waals surface area contributed by atoms with Gasteiger partial charge in [-0.05, 0) is 26.4 Å². The van der Waals surface area contributed by atoms with Gasteiger partial charge in [-0.15, -0.1) is 0 Å². The first-order valence-corrected chi connectivity index (χ1v) is 7.82. The highest BCUT2D eigenvalue weighted by atomic mass is 19.3. The fraction of sp³-hybridized carbons (Fsp3) is 0.800. The summed E-state index contributed by atoms with van der Waals surface area (Å²) in [4.78, 5) is 3.89. The SMILES string of the molecule is CCc1nocc1CN(C)CCC(C(F)F)N1CCOCC1. The lowest BCUT2D eigenvalue weighted by atomic mass is 10.1. The van der Waals surface area contributed by atoms with Crippen molar-refractivity contribution in [2.45, 2.75) is 38.8 Å². The normalized spacial score (nSPS) is 18.3. The smallest absolute Gasteiger partial charge is 0.253 e. The van der Waals surface area contributed by atoms with Crippen LogP contribution in [0, 0.1) is 0 Å². The van der Waals surface area contributed by atoms with Crippen LogP contribution in [0.2, 0.25) is 0 Å². The lowest BCUT2D eigenvalue weighted by molar-refractivity contribution is -0.0381. The number of aryl methyl sites for hydroxylation is 1. The van der Waals surface area contributed by atoms with Gasteiger partial charge in [-0.25, -0.2) is 8.78 Å². The Kier molecular flexibility index (Phi) is 6.72. The summed E-state index contributed by atoms with van der Waals surface area (Å²) >= 11 is 0. The number of hydrogen-bond donors (Lipinski definition) is 0. The van der Waals surface area contributed by atoms with Crippen LogP contribution in [0.1, 0.15) is 24.6 Å². The average Bonchev–Trinajstić information content (AvgIpc) is 2.95. The first-order chi connectivity index (χ1) is 10.6. The average molecular weight is 317 g/mol. The lowest BCUT2D eigenvalue weighted by Gasteiger charge is -2.34. The van der Waals surface area contributed by atoms with Gasteiger partial charge in [0.05, 0.1) is 24.9 Å². The molecule has 2 rings (SSSR count). The predicted octanol–water partition coefficient (Wildman–Crippen LogP) is 2.02. The number of nitrogens with zero attached hydrogens (tertiary/aromatic N) is 3. The minimum Gasteiger partial charge on any atom is -0.379 e. The molecule has 1 aliphatic rings. The van der Waals surface area contributed by atoms with Gasteiger partial charge in [0.2, 0.25) is 0 Å². The Morgan fingerprint density at radius 3 is 2.73 bits per heavy atom. The Labute approximate surface area is 130 Å². The second-order valence-electron chi connectivity index (χ2n) is 5.72. The van der Waals surface area contributed by atoms with Crippen molar-refractivity contribution >= 4 is 0 Å². The number of halogens is 2. The zero-order chi connectivity index (χ0) is 15.9. The molecule has 22 heavy (non-hydrogen) atoms. The van der Waals surface area contributed by atoms with Crippen molar-refractivity contribution in [1.29, 1.82) is 0 Å². The number of aromatic nitrogens is 1. The summed E-state index contributed by atoms with van der Waals surface area (Å²) in [5.41, 5.74) is 1.97. The van der Waals surface area contributed by atoms with Crippen LogP contribution in [0.3, 0.4) is 0 Å². The Hall–Kier alpha value is -1.05. The predicted molar refractivity (Wildman–Crippen MR) is 79.0 cm³/mol. The molecule has 0 N–H and O–H groups in total. The lowest BCUT2D eigenvalue weighted by Crippen LogP contribution is -2.48. The summed E-state index contributed by atoms with van der Waals surface area (Å²) in [5, 5.41) is 3.94. The van der Waals surface area contributed by atoms with Crippen LogP contribution in [0.25, 0.3) is 0 Å². The molecule has 0 radical (unpaired) electrons. The van der Waals surface area contributed by atoms with E-state index < -0.39 is 12.5 Å². The highest BCUT2D eigenvalue weighted by Gasteiger charge is 2.28. The molecule has 0 spiro atoms. The summed E-state index contributed by atoms with van der Waals surface area (Å²) in [7, 11) is 1.94. The summed E-state index contributed by atoms with van der Waals surface area (Å²) in [5.74, 6) is 0. The summed E-state index contributed by atoms with van der Waals surface area (Å²) in [6.07, 6.45) is 0.573. The first kappa shape index (κ1) is 17.3. The first-order valence-electron chi connectivity index (χ1n) is 7.82. The summed E-state index contributed by atoms with van der Waals surface area (Å²) < 4.78 is 36.8. The van der Waals surface area contributed by atoms with E-state index in [1.165, 1.54) is 0 Å². The molecular formula is C15H25F2N3O2. The van der Waals surface area contributed by atoms with Crippen LogP contribution in [0.4, 0.5) is 8.78 Å². The molecule has 0 aromatic carbocycles. The largest absolute Gasteiger partial charge is 0.379 e. The molecular weight excluding hydrogens is 292 g/mol. The van der Waals surface area contributed by atoms with Gasteiger partial charge >= 0.3 is 0 Å². The number of morpholine rings is 1. The zero-order valence-electron chi connectivity index (χ0n) is 13.3. The topological polar surface area (TPSA) is 41.7 Å². The van der Waals surface area contributed by atoms with E-state index in [2.05, 4.69) is 5.16 Å². The molecule has 1 aliphatic heterocycles. The Morgan fingerprint density at radius 2 is 2.09 bits per heavy atom. The van der Waals surface area contributed by atoms with Crippen LogP contribution < -0.4 is 0 Å². The van der Waals surface area contributed by atoms with Crippen LogP contribution >= 0.6 is 0 Å². The maximum absolute atomic E-state index is 13.3. The van der Waals surface area contributed by atoms with Gasteiger partial charge in [-0.2, -0.15) is 0 Å². The van der Waals surface area contributed by atoms with Gasteiger partial charge in [0.25, 0.3) is 6.43 Å². The molecule has 1 aromatic rings. The number of alkyl halides is 2. The maximum Gasteiger partial charge on any atom is 0.253 e. The number of ether oxygens (including phenoxy) is 1. The molecule has 1 unspecified atom stereocenters. The van der Waals surface area contributed by atoms with E-state index in [1.54, 1.807) is 6.26 Å². The molecule has 1 aromatic heterocycles. The van der Waals surface area contributed by atoms with Gasteiger partial charge in [0.1, 0.15) is 6.26 Å². The third-order valence-electron chi connectivity index (χ3n) is 4.12. The van der Waals surface area contributed by atoms with E-state index >= 15 is 0 Å². The van der Waals surface area contributed by atoms with Crippen molar-refractivity contribution < 1.29 is 18.0 Å². The van der Waals surface area contributed by atoms with Crippen LogP contribution in [0.5, 0.6) is 0 Å². The minimum absolute atomic E-state index is 0.445. The van der Waals surface area contributed by atoms with E-state index in [4.69, 9.17) is 9.26 Å². The third kappa shape index (κ3) is 4.72. The quantitative estimate of drug-likeness (QED) is 0.734. The molecule has 0 saturated carbocycles. The summed E-state index contributed by atoms with van der Waals surface area (Å²) in [6, 6.07) is -0.695. The standard InChI is InChI=1S/C15H25F2N3O2/c1-3-13-12(11-22-18-13)10-19(2)5-4-14(15(16)17)20-6-8-21-9-7-20/h11,14-15H,3-10H2,1-2H3. The molecule has 126 valence electrons. The molecule has 5 nitrogen and oxygen atoms in total. The van der Waals surface area contributed by atoms with Gasteiger partial charge in [0, 0.05) is 25.2 Å².